The third kappa shape index (κ3) is 3.81. The first kappa shape index (κ1) is 14.5. The van der Waals surface area contributed by atoms with Crippen molar-refractivity contribution in [1.82, 2.24) is 0 Å². The first-order valence-electron chi connectivity index (χ1n) is 6.64. The number of rotatable bonds is 5. The van der Waals surface area contributed by atoms with Gasteiger partial charge in [-0.25, -0.2) is 4.39 Å². The van der Waals surface area contributed by atoms with Crippen LogP contribution in [0.2, 0.25) is 0 Å². The van der Waals surface area contributed by atoms with Gasteiger partial charge in [0.05, 0.1) is 13.2 Å². The molecule has 0 saturated heterocycles. The lowest BCUT2D eigenvalue weighted by molar-refractivity contribution is 0.175. The van der Waals surface area contributed by atoms with Crippen LogP contribution in [-0.2, 0) is 12.8 Å². The Labute approximate surface area is 118 Å². The third-order valence-corrected chi connectivity index (χ3v) is 3.39. The van der Waals surface area contributed by atoms with Crippen molar-refractivity contribution in [1.29, 1.82) is 0 Å². The molecule has 2 aromatic carbocycles. The number of aryl methyl sites for hydroxylation is 1. The number of ether oxygens (including phenoxy) is 1. The van der Waals surface area contributed by atoms with E-state index in [1.165, 1.54) is 12.1 Å². The molecule has 0 aliphatic carbocycles. The second-order valence-electron chi connectivity index (χ2n) is 4.98. The molecule has 3 heteroatoms. The minimum Gasteiger partial charge on any atom is -0.497 e. The summed E-state index contributed by atoms with van der Waals surface area (Å²) in [5, 5.41) is 10.2. The molecule has 1 atom stereocenters. The SMILES string of the molecule is COc1ccc(CC(O)Cc2ccc(F)cc2C)cc1. The molecule has 0 heterocycles. The van der Waals surface area contributed by atoms with Crippen molar-refractivity contribution in [2.24, 2.45) is 0 Å². The lowest BCUT2D eigenvalue weighted by Crippen LogP contribution is -2.14. The van der Waals surface area contributed by atoms with E-state index in [2.05, 4.69) is 0 Å². The van der Waals surface area contributed by atoms with E-state index in [0.717, 1.165) is 22.4 Å². The number of benzene rings is 2. The predicted octanol–water partition coefficient (Wildman–Crippen LogP) is 3.29. The van der Waals surface area contributed by atoms with Crippen LogP contribution in [-0.4, -0.2) is 18.3 Å². The van der Waals surface area contributed by atoms with E-state index in [-0.39, 0.29) is 5.82 Å². The molecule has 0 saturated carbocycles. The Hall–Kier alpha value is -1.87. The second-order valence-corrected chi connectivity index (χ2v) is 4.98. The molecule has 2 aromatic rings. The number of aliphatic hydroxyl groups is 1. The number of hydrogen-bond acceptors (Lipinski definition) is 2. The average Bonchev–Trinajstić information content (AvgIpc) is 2.43. The van der Waals surface area contributed by atoms with Gasteiger partial charge in [0.25, 0.3) is 0 Å². The fraction of sp³-hybridized carbons (Fsp3) is 0.294. The van der Waals surface area contributed by atoms with Crippen LogP contribution in [0.3, 0.4) is 0 Å². The van der Waals surface area contributed by atoms with Gasteiger partial charge in [0.15, 0.2) is 0 Å². The van der Waals surface area contributed by atoms with E-state index >= 15 is 0 Å². The summed E-state index contributed by atoms with van der Waals surface area (Å²) in [4.78, 5) is 0. The Bertz CT molecular complexity index is 564. The highest BCUT2D eigenvalue weighted by Crippen LogP contribution is 2.16. The van der Waals surface area contributed by atoms with Crippen LogP contribution in [0.1, 0.15) is 16.7 Å². The van der Waals surface area contributed by atoms with Gasteiger partial charge in [-0.2, -0.15) is 0 Å². The van der Waals surface area contributed by atoms with E-state index in [0.29, 0.717) is 12.8 Å². The minimum atomic E-state index is -0.479. The highest BCUT2D eigenvalue weighted by molar-refractivity contribution is 5.29. The maximum absolute atomic E-state index is 13.0. The number of methoxy groups -OCH3 is 1. The molecule has 0 bridgehead atoms. The predicted molar refractivity (Wildman–Crippen MR) is 77.5 cm³/mol. The van der Waals surface area contributed by atoms with Gasteiger partial charge in [0.1, 0.15) is 11.6 Å². The zero-order valence-corrected chi connectivity index (χ0v) is 11.8. The molecule has 2 rings (SSSR count). The van der Waals surface area contributed by atoms with Crippen LogP contribution < -0.4 is 4.74 Å². The normalized spacial score (nSPS) is 12.2. The van der Waals surface area contributed by atoms with Gasteiger partial charge in [-0.15, -0.1) is 0 Å². The fourth-order valence-corrected chi connectivity index (χ4v) is 2.25. The Morgan fingerprint density at radius 2 is 1.80 bits per heavy atom. The van der Waals surface area contributed by atoms with E-state index in [1.807, 2.05) is 31.2 Å². The highest BCUT2D eigenvalue weighted by atomic mass is 19.1. The molecule has 0 aliphatic rings. The van der Waals surface area contributed by atoms with Gasteiger partial charge in [0.2, 0.25) is 0 Å². The first-order chi connectivity index (χ1) is 9.58. The van der Waals surface area contributed by atoms with E-state index in [9.17, 15) is 9.50 Å². The van der Waals surface area contributed by atoms with Crippen molar-refractivity contribution in [3.8, 4) is 5.75 Å². The smallest absolute Gasteiger partial charge is 0.123 e. The van der Waals surface area contributed by atoms with E-state index in [1.54, 1.807) is 13.2 Å². The molecule has 0 aliphatic heterocycles. The average molecular weight is 274 g/mol. The van der Waals surface area contributed by atoms with Crippen LogP contribution in [0.25, 0.3) is 0 Å². The Balaban J connectivity index is 1.99. The number of aliphatic hydroxyl groups excluding tert-OH is 1. The molecule has 1 N–H and O–H groups in total. The fourth-order valence-electron chi connectivity index (χ4n) is 2.25. The summed E-state index contributed by atoms with van der Waals surface area (Å²) in [5.41, 5.74) is 2.91. The van der Waals surface area contributed by atoms with Crippen LogP contribution in [0.4, 0.5) is 4.39 Å². The summed E-state index contributed by atoms with van der Waals surface area (Å²) in [6, 6.07) is 12.3. The molecule has 0 aromatic heterocycles. The van der Waals surface area contributed by atoms with Crippen LogP contribution in [0, 0.1) is 12.7 Å². The summed E-state index contributed by atoms with van der Waals surface area (Å²) in [7, 11) is 1.63. The summed E-state index contributed by atoms with van der Waals surface area (Å²) < 4.78 is 18.1. The van der Waals surface area contributed by atoms with Gasteiger partial charge < -0.3 is 9.84 Å². The molecular weight excluding hydrogens is 255 g/mol. The molecule has 0 fully saturated rings. The van der Waals surface area contributed by atoms with E-state index < -0.39 is 6.10 Å². The molecular formula is C17H19FO2. The molecule has 0 radical (unpaired) electrons. The number of hydrogen-bond donors (Lipinski definition) is 1. The minimum absolute atomic E-state index is 0.240. The summed E-state index contributed by atoms with van der Waals surface area (Å²) in [6.07, 6.45) is 0.617. The van der Waals surface area contributed by atoms with Gasteiger partial charge in [-0.05, 0) is 60.7 Å². The summed E-state index contributed by atoms with van der Waals surface area (Å²) >= 11 is 0. The summed E-state index contributed by atoms with van der Waals surface area (Å²) in [6.45, 7) is 1.86. The van der Waals surface area contributed by atoms with Crippen molar-refractivity contribution < 1.29 is 14.2 Å². The van der Waals surface area contributed by atoms with Crippen molar-refractivity contribution in [3.05, 3.63) is 65.0 Å². The maximum atomic E-state index is 13.0. The Morgan fingerprint density at radius 1 is 1.10 bits per heavy atom. The molecule has 106 valence electrons. The quantitative estimate of drug-likeness (QED) is 0.906. The van der Waals surface area contributed by atoms with Crippen molar-refractivity contribution in [2.45, 2.75) is 25.9 Å². The largest absolute Gasteiger partial charge is 0.497 e. The molecule has 2 nitrogen and oxygen atoms in total. The van der Waals surface area contributed by atoms with E-state index in [4.69, 9.17) is 4.74 Å². The first-order valence-corrected chi connectivity index (χ1v) is 6.64. The van der Waals surface area contributed by atoms with Gasteiger partial charge in [-0.3, -0.25) is 0 Å². The van der Waals surface area contributed by atoms with Gasteiger partial charge in [0, 0.05) is 0 Å². The van der Waals surface area contributed by atoms with Crippen LogP contribution >= 0.6 is 0 Å². The number of halogens is 1. The summed E-state index contributed by atoms with van der Waals surface area (Å²) in [5.74, 6) is 0.563. The van der Waals surface area contributed by atoms with Crippen LogP contribution in [0.5, 0.6) is 5.75 Å². The molecule has 1 unspecified atom stereocenters. The maximum Gasteiger partial charge on any atom is 0.123 e. The lowest BCUT2D eigenvalue weighted by Gasteiger charge is -2.13. The third-order valence-electron chi connectivity index (χ3n) is 3.39. The molecule has 0 spiro atoms. The van der Waals surface area contributed by atoms with Crippen molar-refractivity contribution >= 4 is 0 Å². The molecule has 20 heavy (non-hydrogen) atoms. The Morgan fingerprint density at radius 3 is 2.40 bits per heavy atom. The van der Waals surface area contributed by atoms with Gasteiger partial charge in [-0.1, -0.05) is 18.2 Å². The highest BCUT2D eigenvalue weighted by Gasteiger charge is 2.09. The monoisotopic (exact) mass is 274 g/mol. The standard InChI is InChI=1S/C17H19FO2/c1-12-9-15(18)6-5-14(12)11-16(19)10-13-3-7-17(20-2)8-4-13/h3-9,16,19H,10-11H2,1-2H3. The topological polar surface area (TPSA) is 29.5 Å². The second kappa shape index (κ2) is 6.53. The van der Waals surface area contributed by atoms with Crippen molar-refractivity contribution in [3.63, 3.8) is 0 Å². The van der Waals surface area contributed by atoms with Crippen molar-refractivity contribution in [2.75, 3.05) is 7.11 Å². The molecule has 0 amide bonds. The van der Waals surface area contributed by atoms with Gasteiger partial charge >= 0.3 is 0 Å². The lowest BCUT2D eigenvalue weighted by atomic mass is 9.98. The zero-order valence-electron chi connectivity index (χ0n) is 11.8. The zero-order chi connectivity index (χ0) is 14.5. The van der Waals surface area contributed by atoms with Crippen LogP contribution in [0.15, 0.2) is 42.5 Å². The Kier molecular flexibility index (Phi) is 4.74.